The molecule has 0 aliphatic heterocycles. The van der Waals surface area contributed by atoms with Gasteiger partial charge in [0.1, 0.15) is 5.75 Å². The SMILES string of the molecule is CCCNC(CCC)c1ccc(OC2CC2)cc1. The maximum atomic E-state index is 5.78. The molecule has 1 unspecified atom stereocenters. The number of hydrogen-bond donors (Lipinski definition) is 1. The number of ether oxygens (including phenoxy) is 1. The summed E-state index contributed by atoms with van der Waals surface area (Å²) >= 11 is 0. The molecule has 0 aromatic heterocycles. The molecule has 1 aliphatic rings. The molecule has 1 N–H and O–H groups in total. The Hall–Kier alpha value is -1.02. The van der Waals surface area contributed by atoms with Crippen LogP contribution in [-0.2, 0) is 0 Å². The van der Waals surface area contributed by atoms with Gasteiger partial charge in [0.15, 0.2) is 0 Å². The van der Waals surface area contributed by atoms with Gasteiger partial charge in [-0.15, -0.1) is 0 Å². The molecule has 2 heteroatoms. The van der Waals surface area contributed by atoms with Crippen molar-refractivity contribution in [3.05, 3.63) is 29.8 Å². The van der Waals surface area contributed by atoms with E-state index in [2.05, 4.69) is 43.4 Å². The Balaban J connectivity index is 1.95. The van der Waals surface area contributed by atoms with Crippen LogP contribution in [0.1, 0.15) is 57.6 Å². The molecule has 0 bridgehead atoms. The molecule has 0 amide bonds. The van der Waals surface area contributed by atoms with Gasteiger partial charge < -0.3 is 10.1 Å². The van der Waals surface area contributed by atoms with Crippen molar-refractivity contribution >= 4 is 0 Å². The van der Waals surface area contributed by atoms with Crippen LogP contribution >= 0.6 is 0 Å². The molecular weight excluding hydrogens is 222 g/mol. The Morgan fingerprint density at radius 3 is 2.44 bits per heavy atom. The van der Waals surface area contributed by atoms with Gasteiger partial charge in [0.2, 0.25) is 0 Å². The summed E-state index contributed by atoms with van der Waals surface area (Å²) in [6.07, 6.45) is 6.52. The van der Waals surface area contributed by atoms with E-state index in [0.29, 0.717) is 12.1 Å². The minimum Gasteiger partial charge on any atom is -0.490 e. The summed E-state index contributed by atoms with van der Waals surface area (Å²) < 4.78 is 5.78. The fourth-order valence-electron chi connectivity index (χ4n) is 2.15. The second kappa shape index (κ2) is 6.79. The van der Waals surface area contributed by atoms with Crippen molar-refractivity contribution in [3.63, 3.8) is 0 Å². The quantitative estimate of drug-likeness (QED) is 0.747. The molecule has 2 nitrogen and oxygen atoms in total. The molecule has 18 heavy (non-hydrogen) atoms. The lowest BCUT2D eigenvalue weighted by atomic mass is 10.0. The predicted octanol–water partition coefficient (Wildman–Crippen LogP) is 4.07. The van der Waals surface area contributed by atoms with Gasteiger partial charge in [-0.1, -0.05) is 32.4 Å². The standard InChI is InChI=1S/C16H25NO/c1-3-5-16(17-12-4-2)13-6-8-14(9-7-13)18-15-10-11-15/h6-9,15-17H,3-5,10-12H2,1-2H3. The lowest BCUT2D eigenvalue weighted by Crippen LogP contribution is -2.21. The van der Waals surface area contributed by atoms with Crippen LogP contribution in [0, 0.1) is 0 Å². The highest BCUT2D eigenvalue weighted by molar-refractivity contribution is 5.29. The molecule has 100 valence electrons. The van der Waals surface area contributed by atoms with Gasteiger partial charge in [-0.2, -0.15) is 0 Å². The fraction of sp³-hybridized carbons (Fsp3) is 0.625. The highest BCUT2D eigenvalue weighted by Crippen LogP contribution is 2.28. The summed E-state index contributed by atoms with van der Waals surface area (Å²) in [5, 5.41) is 3.62. The van der Waals surface area contributed by atoms with Crippen molar-refractivity contribution < 1.29 is 4.74 Å². The van der Waals surface area contributed by atoms with Crippen LogP contribution in [0.3, 0.4) is 0 Å². The van der Waals surface area contributed by atoms with E-state index in [4.69, 9.17) is 4.74 Å². The van der Waals surface area contributed by atoms with Crippen LogP contribution in [0.15, 0.2) is 24.3 Å². The highest BCUT2D eigenvalue weighted by atomic mass is 16.5. The van der Waals surface area contributed by atoms with Gasteiger partial charge in [-0.05, 0) is 49.9 Å². The smallest absolute Gasteiger partial charge is 0.119 e. The van der Waals surface area contributed by atoms with Crippen molar-refractivity contribution in [3.8, 4) is 5.75 Å². The Bertz CT molecular complexity index is 343. The summed E-state index contributed by atoms with van der Waals surface area (Å²) in [6, 6.07) is 9.14. The van der Waals surface area contributed by atoms with E-state index in [1.165, 1.54) is 37.7 Å². The van der Waals surface area contributed by atoms with Crippen LogP contribution in [0.2, 0.25) is 0 Å². The van der Waals surface area contributed by atoms with E-state index < -0.39 is 0 Å². The van der Waals surface area contributed by atoms with Crippen molar-refractivity contribution in [1.82, 2.24) is 5.32 Å². The van der Waals surface area contributed by atoms with Crippen molar-refractivity contribution in [2.75, 3.05) is 6.54 Å². The van der Waals surface area contributed by atoms with E-state index in [1.807, 2.05) is 0 Å². The normalized spacial score (nSPS) is 16.6. The first-order chi connectivity index (χ1) is 8.83. The number of hydrogen-bond acceptors (Lipinski definition) is 2. The largest absolute Gasteiger partial charge is 0.490 e. The maximum absolute atomic E-state index is 5.78. The first-order valence-electron chi connectivity index (χ1n) is 7.33. The summed E-state index contributed by atoms with van der Waals surface area (Å²) in [5.41, 5.74) is 1.38. The molecule has 2 rings (SSSR count). The molecule has 1 saturated carbocycles. The Morgan fingerprint density at radius 2 is 1.89 bits per heavy atom. The topological polar surface area (TPSA) is 21.3 Å². The van der Waals surface area contributed by atoms with Gasteiger partial charge in [0.25, 0.3) is 0 Å². The second-order valence-corrected chi connectivity index (χ2v) is 5.18. The zero-order valence-corrected chi connectivity index (χ0v) is 11.6. The van der Waals surface area contributed by atoms with Crippen LogP contribution in [0.25, 0.3) is 0 Å². The third-order valence-electron chi connectivity index (χ3n) is 3.33. The maximum Gasteiger partial charge on any atom is 0.119 e. The van der Waals surface area contributed by atoms with E-state index in [0.717, 1.165) is 12.3 Å². The van der Waals surface area contributed by atoms with E-state index in [-0.39, 0.29) is 0 Å². The van der Waals surface area contributed by atoms with Crippen LogP contribution in [0.4, 0.5) is 0 Å². The summed E-state index contributed by atoms with van der Waals surface area (Å²) in [5.74, 6) is 1.02. The fourth-order valence-corrected chi connectivity index (χ4v) is 2.15. The average molecular weight is 247 g/mol. The predicted molar refractivity (Wildman–Crippen MR) is 76.0 cm³/mol. The third-order valence-corrected chi connectivity index (χ3v) is 3.33. The van der Waals surface area contributed by atoms with E-state index >= 15 is 0 Å². The number of nitrogens with one attached hydrogen (secondary N) is 1. The number of rotatable bonds is 8. The summed E-state index contributed by atoms with van der Waals surface area (Å²) in [7, 11) is 0. The molecule has 1 aliphatic carbocycles. The van der Waals surface area contributed by atoms with Crippen molar-refractivity contribution in [1.29, 1.82) is 0 Å². The molecular formula is C16H25NO. The molecule has 1 fully saturated rings. The molecule has 0 radical (unpaired) electrons. The van der Waals surface area contributed by atoms with Gasteiger partial charge in [-0.25, -0.2) is 0 Å². The van der Waals surface area contributed by atoms with Crippen LogP contribution in [-0.4, -0.2) is 12.6 Å². The third kappa shape index (κ3) is 4.02. The number of benzene rings is 1. The van der Waals surface area contributed by atoms with Gasteiger partial charge in [0, 0.05) is 6.04 Å². The van der Waals surface area contributed by atoms with Crippen molar-refractivity contribution in [2.45, 2.75) is 58.1 Å². The van der Waals surface area contributed by atoms with Gasteiger partial charge in [0.05, 0.1) is 6.10 Å². The molecule has 1 aromatic carbocycles. The molecule has 0 spiro atoms. The molecule has 0 heterocycles. The monoisotopic (exact) mass is 247 g/mol. The Labute approximate surface area is 111 Å². The highest BCUT2D eigenvalue weighted by Gasteiger charge is 2.23. The van der Waals surface area contributed by atoms with E-state index in [9.17, 15) is 0 Å². The van der Waals surface area contributed by atoms with Crippen LogP contribution in [0.5, 0.6) is 5.75 Å². The van der Waals surface area contributed by atoms with Gasteiger partial charge in [-0.3, -0.25) is 0 Å². The Kier molecular flexibility index (Phi) is 5.06. The van der Waals surface area contributed by atoms with Crippen molar-refractivity contribution in [2.24, 2.45) is 0 Å². The minimum atomic E-state index is 0.487. The summed E-state index contributed by atoms with van der Waals surface area (Å²) in [4.78, 5) is 0. The zero-order chi connectivity index (χ0) is 12.8. The zero-order valence-electron chi connectivity index (χ0n) is 11.6. The van der Waals surface area contributed by atoms with Crippen LogP contribution < -0.4 is 10.1 Å². The van der Waals surface area contributed by atoms with Gasteiger partial charge >= 0.3 is 0 Å². The average Bonchev–Trinajstić information content (AvgIpc) is 3.19. The lowest BCUT2D eigenvalue weighted by molar-refractivity contribution is 0.303. The first-order valence-corrected chi connectivity index (χ1v) is 7.33. The van der Waals surface area contributed by atoms with E-state index in [1.54, 1.807) is 0 Å². The lowest BCUT2D eigenvalue weighted by Gasteiger charge is -2.18. The molecule has 1 aromatic rings. The summed E-state index contributed by atoms with van der Waals surface area (Å²) in [6.45, 7) is 5.54. The first kappa shape index (κ1) is 13.4. The molecule has 0 saturated heterocycles. The molecule has 1 atom stereocenters. The Morgan fingerprint density at radius 1 is 1.17 bits per heavy atom. The second-order valence-electron chi connectivity index (χ2n) is 5.18. The minimum absolute atomic E-state index is 0.487.